The highest BCUT2D eigenvalue weighted by Crippen LogP contribution is 2.55. The predicted octanol–water partition coefficient (Wildman–Crippen LogP) is 8.21. The number of hydrogen-bond acceptors (Lipinski definition) is 6. The van der Waals surface area contributed by atoms with Gasteiger partial charge >= 0.3 is 6.03 Å². The molecule has 1 heterocycles. The summed E-state index contributed by atoms with van der Waals surface area (Å²) in [6.07, 6.45) is 6.53. The van der Waals surface area contributed by atoms with Crippen LogP contribution in [0.1, 0.15) is 98.2 Å². The molecule has 4 bridgehead atoms. The first kappa shape index (κ1) is 36.9. The van der Waals surface area contributed by atoms with Crippen molar-refractivity contribution in [1.82, 2.24) is 15.5 Å². The molecule has 1 aliphatic heterocycles. The molecule has 5 aliphatic rings. The Kier molecular flexibility index (Phi) is 10.9. The minimum absolute atomic E-state index is 0.00678. The van der Waals surface area contributed by atoms with E-state index in [-0.39, 0.29) is 36.4 Å². The standard InChI is InChI=1S/C46H55N3O5/c1-30(43(51)37-8-4-3-5-9-37)49(2)28-40-23-42(36-14-12-31(29-50)13-15-36)54-44(53-40)38-18-16-35(17-19-38)41-11-7-6-10-39(41)27-47-45(52)48-46-24-32-20-33(25-46)22-34(21-32)26-46/h3-19,30,32-34,40,42-44,50-51H,20-29H2,1-2H3,(H2,47,48,52)/t30-,32?,33?,34?,40-,42+,43-,44+,46?/m0/s1. The normalized spacial score (nSPS) is 28.5. The third-order valence-electron chi connectivity index (χ3n) is 12.8. The second-order valence-electron chi connectivity index (χ2n) is 16.7. The van der Waals surface area contributed by atoms with Gasteiger partial charge in [0.25, 0.3) is 0 Å². The predicted molar refractivity (Wildman–Crippen MR) is 210 cm³/mol. The summed E-state index contributed by atoms with van der Waals surface area (Å²) in [5, 5.41) is 27.4. The number of rotatable bonds is 12. The van der Waals surface area contributed by atoms with Crippen molar-refractivity contribution in [2.75, 3.05) is 13.6 Å². The van der Waals surface area contributed by atoms with Crippen LogP contribution in [0.15, 0.2) is 103 Å². The number of amides is 2. The van der Waals surface area contributed by atoms with E-state index in [1.165, 1.54) is 19.3 Å². The maximum atomic E-state index is 13.3. The first-order valence-corrected chi connectivity index (χ1v) is 19.9. The van der Waals surface area contributed by atoms with Gasteiger partial charge in [0, 0.05) is 36.7 Å². The third kappa shape index (κ3) is 8.14. The first-order valence-electron chi connectivity index (χ1n) is 19.9. The van der Waals surface area contributed by atoms with Gasteiger partial charge in [-0.2, -0.15) is 0 Å². The lowest BCUT2D eigenvalue weighted by molar-refractivity contribution is -0.253. The summed E-state index contributed by atoms with van der Waals surface area (Å²) in [5.74, 6) is 2.34. The smallest absolute Gasteiger partial charge is 0.315 e. The number of aliphatic hydroxyl groups is 2. The van der Waals surface area contributed by atoms with Crippen molar-refractivity contribution >= 4 is 6.03 Å². The van der Waals surface area contributed by atoms with Gasteiger partial charge in [0.2, 0.25) is 0 Å². The van der Waals surface area contributed by atoms with Crippen molar-refractivity contribution in [3.8, 4) is 11.1 Å². The van der Waals surface area contributed by atoms with Crippen LogP contribution in [0.5, 0.6) is 0 Å². The molecule has 0 spiro atoms. The second-order valence-corrected chi connectivity index (χ2v) is 16.7. The number of urea groups is 1. The fraction of sp³-hybridized carbons (Fsp3) is 0.457. The van der Waals surface area contributed by atoms with Gasteiger partial charge < -0.3 is 30.3 Å². The monoisotopic (exact) mass is 729 g/mol. The van der Waals surface area contributed by atoms with E-state index in [4.69, 9.17) is 9.47 Å². The number of carbonyl (C=O) groups is 1. The second kappa shape index (κ2) is 16.0. The molecule has 4 aliphatic carbocycles. The molecule has 4 N–H and O–H groups in total. The molecule has 9 rings (SSSR count). The van der Waals surface area contributed by atoms with Crippen LogP contribution in [0.25, 0.3) is 11.1 Å². The molecular weight excluding hydrogens is 675 g/mol. The maximum absolute atomic E-state index is 13.3. The number of likely N-dealkylation sites (N-methyl/N-ethyl adjacent to an activating group) is 1. The number of nitrogens with one attached hydrogen (secondary N) is 2. The molecule has 5 fully saturated rings. The zero-order valence-electron chi connectivity index (χ0n) is 31.6. The molecule has 8 nitrogen and oxygen atoms in total. The molecule has 4 saturated carbocycles. The van der Waals surface area contributed by atoms with Crippen LogP contribution in [-0.4, -0.2) is 52.4 Å². The summed E-state index contributed by atoms with van der Waals surface area (Å²) in [4.78, 5) is 15.4. The highest BCUT2D eigenvalue weighted by Gasteiger charge is 2.51. The molecule has 54 heavy (non-hydrogen) atoms. The Morgan fingerprint density at radius 2 is 1.44 bits per heavy atom. The molecule has 8 heteroatoms. The van der Waals surface area contributed by atoms with Gasteiger partial charge in [0.05, 0.1) is 24.9 Å². The fourth-order valence-corrected chi connectivity index (χ4v) is 10.2. The van der Waals surface area contributed by atoms with Gasteiger partial charge in [-0.3, -0.25) is 4.90 Å². The fourth-order valence-electron chi connectivity index (χ4n) is 10.2. The highest BCUT2D eigenvalue weighted by atomic mass is 16.7. The molecule has 0 radical (unpaired) electrons. The van der Waals surface area contributed by atoms with Crippen molar-refractivity contribution in [1.29, 1.82) is 0 Å². The van der Waals surface area contributed by atoms with Gasteiger partial charge in [0.15, 0.2) is 6.29 Å². The third-order valence-corrected chi connectivity index (χ3v) is 12.8. The number of benzene rings is 4. The largest absolute Gasteiger partial charge is 0.392 e. The van der Waals surface area contributed by atoms with Crippen LogP contribution >= 0.6 is 0 Å². The lowest BCUT2D eigenvalue weighted by Crippen LogP contribution is -2.61. The summed E-state index contributed by atoms with van der Waals surface area (Å²) < 4.78 is 13.3. The van der Waals surface area contributed by atoms with Crippen LogP contribution in [0.2, 0.25) is 0 Å². The van der Waals surface area contributed by atoms with E-state index in [0.29, 0.717) is 19.5 Å². The van der Waals surface area contributed by atoms with Crippen molar-refractivity contribution in [2.45, 2.75) is 101 Å². The zero-order chi connectivity index (χ0) is 37.2. The molecule has 0 aromatic heterocycles. The lowest BCUT2D eigenvalue weighted by Gasteiger charge is -2.56. The van der Waals surface area contributed by atoms with E-state index in [0.717, 1.165) is 76.0 Å². The van der Waals surface area contributed by atoms with Crippen LogP contribution in [-0.2, 0) is 22.6 Å². The minimum Gasteiger partial charge on any atom is -0.392 e. The Morgan fingerprint density at radius 1 is 0.815 bits per heavy atom. The summed E-state index contributed by atoms with van der Waals surface area (Å²) in [6.45, 7) is 3.11. The zero-order valence-corrected chi connectivity index (χ0v) is 31.6. The topological polar surface area (TPSA) is 103 Å². The Balaban J connectivity index is 0.951. The lowest BCUT2D eigenvalue weighted by atomic mass is 9.53. The molecule has 0 unspecified atom stereocenters. The van der Waals surface area contributed by atoms with Crippen molar-refractivity contribution in [2.24, 2.45) is 17.8 Å². The summed E-state index contributed by atoms with van der Waals surface area (Å²) in [5.41, 5.74) is 6.90. The Morgan fingerprint density at radius 3 is 2.11 bits per heavy atom. The number of carbonyl (C=O) groups excluding carboxylic acids is 1. The van der Waals surface area contributed by atoms with Crippen LogP contribution in [0, 0.1) is 17.8 Å². The van der Waals surface area contributed by atoms with Gasteiger partial charge in [0.1, 0.15) is 0 Å². The SMILES string of the molecule is C[C@@H]([C@H](O)c1ccccc1)N(C)C[C@@H]1C[C@H](c2ccc(CO)cc2)O[C@H](c2ccc(-c3ccccc3CNC(=O)NC34CC5CC(CC(C5)C3)C4)cc2)O1. The summed E-state index contributed by atoms with van der Waals surface area (Å²) >= 11 is 0. The molecule has 284 valence electrons. The van der Waals surface area contributed by atoms with E-state index in [9.17, 15) is 15.0 Å². The average molecular weight is 730 g/mol. The number of ether oxygens (including phenoxy) is 2. The van der Waals surface area contributed by atoms with Crippen molar-refractivity contribution in [3.05, 3.63) is 131 Å². The highest BCUT2D eigenvalue weighted by molar-refractivity contribution is 5.76. The Bertz CT molecular complexity index is 1830. The quantitative estimate of drug-likeness (QED) is 0.117. The summed E-state index contributed by atoms with van der Waals surface area (Å²) in [6, 6.07) is 34.2. The van der Waals surface area contributed by atoms with E-state index >= 15 is 0 Å². The number of hydrogen-bond donors (Lipinski definition) is 4. The van der Waals surface area contributed by atoms with E-state index in [1.54, 1.807) is 0 Å². The first-order chi connectivity index (χ1) is 26.2. The van der Waals surface area contributed by atoms with Gasteiger partial charge in [-0.05, 0) is 104 Å². The van der Waals surface area contributed by atoms with Gasteiger partial charge in [-0.15, -0.1) is 0 Å². The number of aliphatic hydroxyl groups excluding tert-OH is 2. The molecule has 5 atom stereocenters. The Hall–Kier alpha value is -4.05. The average Bonchev–Trinajstić information content (AvgIpc) is 3.19. The van der Waals surface area contributed by atoms with Gasteiger partial charge in [-0.25, -0.2) is 4.79 Å². The van der Waals surface area contributed by atoms with Crippen molar-refractivity contribution < 1.29 is 24.5 Å². The van der Waals surface area contributed by atoms with Crippen LogP contribution in [0.3, 0.4) is 0 Å². The maximum Gasteiger partial charge on any atom is 0.315 e. The molecular formula is C46H55N3O5. The van der Waals surface area contributed by atoms with Crippen LogP contribution < -0.4 is 10.6 Å². The van der Waals surface area contributed by atoms with Gasteiger partial charge in [-0.1, -0.05) is 103 Å². The van der Waals surface area contributed by atoms with E-state index < -0.39 is 12.4 Å². The number of nitrogens with zero attached hydrogens (tertiary/aromatic N) is 1. The molecule has 2 amide bonds. The Labute approximate surface area is 319 Å². The molecule has 1 saturated heterocycles. The summed E-state index contributed by atoms with van der Waals surface area (Å²) in [7, 11) is 2.03. The van der Waals surface area contributed by atoms with Crippen molar-refractivity contribution in [3.63, 3.8) is 0 Å². The molecule has 4 aromatic rings. The van der Waals surface area contributed by atoms with E-state index in [2.05, 4.69) is 51.9 Å². The minimum atomic E-state index is -0.629. The molecule has 4 aromatic carbocycles. The van der Waals surface area contributed by atoms with Crippen LogP contribution in [0.4, 0.5) is 4.79 Å². The van der Waals surface area contributed by atoms with E-state index in [1.807, 2.05) is 80.7 Å².